The van der Waals surface area contributed by atoms with Crippen LogP contribution in [0.25, 0.3) is 0 Å². The lowest BCUT2D eigenvalue weighted by atomic mass is 10.2. The minimum absolute atomic E-state index is 0.443. The smallest absolute Gasteiger partial charge is 0.152 e. The van der Waals surface area contributed by atoms with Crippen LogP contribution < -0.4 is 10.6 Å². The summed E-state index contributed by atoms with van der Waals surface area (Å²) >= 11 is 0. The lowest BCUT2D eigenvalue weighted by molar-refractivity contribution is 0.205. The van der Waals surface area contributed by atoms with Gasteiger partial charge < -0.3 is 15.4 Å². The van der Waals surface area contributed by atoms with E-state index in [1.807, 2.05) is 17.9 Å². The third-order valence-electron chi connectivity index (χ3n) is 2.55. The molecule has 1 rings (SSSR count). The average Bonchev–Trinajstić information content (AvgIpc) is 2.34. The molecule has 1 aromatic heterocycles. The molecule has 0 spiro atoms. The first-order valence-electron chi connectivity index (χ1n) is 5.52. The summed E-state index contributed by atoms with van der Waals surface area (Å²) in [6, 6.07) is 4.00. The van der Waals surface area contributed by atoms with Crippen LogP contribution in [0.2, 0.25) is 0 Å². The van der Waals surface area contributed by atoms with Crippen molar-refractivity contribution in [2.24, 2.45) is 0 Å². The summed E-state index contributed by atoms with van der Waals surface area (Å²) in [5.74, 6) is 0.734. The molecule has 0 amide bonds. The second-order valence-electron chi connectivity index (χ2n) is 3.75. The first-order valence-corrected chi connectivity index (χ1v) is 5.52. The van der Waals surface area contributed by atoms with E-state index in [2.05, 4.69) is 11.1 Å². The molecule has 0 aliphatic heterocycles. The third kappa shape index (κ3) is 3.61. The van der Waals surface area contributed by atoms with Crippen LogP contribution >= 0.6 is 0 Å². The van der Waals surface area contributed by atoms with Gasteiger partial charge in [0.05, 0.1) is 24.8 Å². The molecule has 0 aliphatic carbocycles. The quantitative estimate of drug-likeness (QED) is 0.803. The molecule has 0 aliphatic rings. The monoisotopic (exact) mass is 234 g/mol. The third-order valence-corrected chi connectivity index (χ3v) is 2.55. The van der Waals surface area contributed by atoms with Crippen molar-refractivity contribution in [1.82, 2.24) is 4.98 Å². The van der Waals surface area contributed by atoms with E-state index in [4.69, 9.17) is 15.7 Å². The van der Waals surface area contributed by atoms with Crippen molar-refractivity contribution in [1.29, 1.82) is 5.26 Å². The minimum Gasteiger partial charge on any atom is -0.396 e. The first kappa shape index (κ1) is 13.3. The first-order chi connectivity index (χ1) is 8.20. The van der Waals surface area contributed by atoms with E-state index in [9.17, 15) is 0 Å². The number of aromatic nitrogens is 1. The van der Waals surface area contributed by atoms with Gasteiger partial charge in [-0.1, -0.05) is 0 Å². The molecular weight excluding hydrogens is 216 g/mol. The van der Waals surface area contributed by atoms with Crippen LogP contribution in [-0.4, -0.2) is 31.8 Å². The number of rotatable bonds is 6. The summed E-state index contributed by atoms with van der Waals surface area (Å²) in [6.45, 7) is 3.82. The van der Waals surface area contributed by atoms with Gasteiger partial charge in [0, 0.05) is 26.4 Å². The molecule has 1 aromatic rings. The van der Waals surface area contributed by atoms with Gasteiger partial charge in [0.15, 0.2) is 5.82 Å². The number of methoxy groups -OCH3 is 1. The van der Waals surface area contributed by atoms with Gasteiger partial charge in [-0.25, -0.2) is 4.98 Å². The van der Waals surface area contributed by atoms with E-state index in [0.717, 1.165) is 11.4 Å². The van der Waals surface area contributed by atoms with Crippen LogP contribution in [0.3, 0.4) is 0 Å². The zero-order chi connectivity index (χ0) is 12.7. The normalized spacial score (nSPS) is 9.94. The number of anilines is 2. The van der Waals surface area contributed by atoms with E-state index in [0.29, 0.717) is 31.8 Å². The number of nitriles is 1. The molecule has 0 radical (unpaired) electrons. The Morgan fingerprint density at radius 2 is 2.29 bits per heavy atom. The topological polar surface area (TPSA) is 75.2 Å². The Kier molecular flexibility index (Phi) is 5.24. The van der Waals surface area contributed by atoms with Gasteiger partial charge in [-0.3, -0.25) is 0 Å². The Morgan fingerprint density at radius 1 is 1.53 bits per heavy atom. The number of ether oxygens (including phenoxy) is 1. The fraction of sp³-hybridized carbons (Fsp3) is 0.500. The van der Waals surface area contributed by atoms with Crippen molar-refractivity contribution in [3.63, 3.8) is 0 Å². The van der Waals surface area contributed by atoms with Crippen molar-refractivity contribution in [2.75, 3.05) is 37.4 Å². The maximum absolute atomic E-state index is 8.65. The highest BCUT2D eigenvalue weighted by Gasteiger charge is 2.12. The highest BCUT2D eigenvalue weighted by molar-refractivity contribution is 5.66. The van der Waals surface area contributed by atoms with E-state index < -0.39 is 0 Å². The number of hydrogen-bond donors (Lipinski definition) is 1. The predicted octanol–water partition coefficient (Wildman–Crippen LogP) is 1.34. The van der Waals surface area contributed by atoms with Gasteiger partial charge in [-0.05, 0) is 18.6 Å². The summed E-state index contributed by atoms with van der Waals surface area (Å²) in [5, 5.41) is 8.65. The van der Waals surface area contributed by atoms with E-state index >= 15 is 0 Å². The highest BCUT2D eigenvalue weighted by Crippen LogP contribution is 2.23. The Bertz CT molecular complexity index is 400. The highest BCUT2D eigenvalue weighted by atomic mass is 16.5. The zero-order valence-corrected chi connectivity index (χ0v) is 10.3. The van der Waals surface area contributed by atoms with Crippen LogP contribution in [0, 0.1) is 18.3 Å². The molecule has 92 valence electrons. The van der Waals surface area contributed by atoms with Gasteiger partial charge in [0.2, 0.25) is 0 Å². The zero-order valence-electron chi connectivity index (χ0n) is 10.3. The Labute approximate surface area is 102 Å². The molecule has 0 bridgehead atoms. The molecule has 1 heterocycles. The van der Waals surface area contributed by atoms with Gasteiger partial charge in [-0.15, -0.1) is 0 Å². The standard InChI is InChI=1S/C12H18N4O/c1-10-4-6-15-12(11(10)14)16(7-3-5-13)8-9-17-2/h4,6H,3,7-9,14H2,1-2H3. The van der Waals surface area contributed by atoms with E-state index in [1.54, 1.807) is 13.3 Å². The Balaban J connectivity index is 2.87. The molecule has 5 nitrogen and oxygen atoms in total. The van der Waals surface area contributed by atoms with Gasteiger partial charge in [0.25, 0.3) is 0 Å². The van der Waals surface area contributed by atoms with Gasteiger partial charge in [0.1, 0.15) is 0 Å². The summed E-state index contributed by atoms with van der Waals surface area (Å²) in [5.41, 5.74) is 7.66. The predicted molar refractivity (Wildman–Crippen MR) is 67.7 cm³/mol. The molecule has 0 fully saturated rings. The fourth-order valence-corrected chi connectivity index (χ4v) is 1.52. The summed E-state index contributed by atoms with van der Waals surface area (Å²) in [4.78, 5) is 6.26. The van der Waals surface area contributed by atoms with Crippen LogP contribution in [0.4, 0.5) is 11.5 Å². The minimum atomic E-state index is 0.443. The summed E-state index contributed by atoms with van der Waals surface area (Å²) < 4.78 is 5.05. The van der Waals surface area contributed by atoms with Crippen LogP contribution in [0.5, 0.6) is 0 Å². The lowest BCUT2D eigenvalue weighted by Gasteiger charge is -2.24. The summed E-state index contributed by atoms with van der Waals surface area (Å²) in [7, 11) is 1.65. The number of hydrogen-bond acceptors (Lipinski definition) is 5. The lowest BCUT2D eigenvalue weighted by Crippen LogP contribution is -2.30. The molecular formula is C12H18N4O. The second kappa shape index (κ2) is 6.71. The second-order valence-corrected chi connectivity index (χ2v) is 3.75. The molecule has 0 atom stereocenters. The maximum atomic E-state index is 8.65. The molecule has 0 aromatic carbocycles. The molecule has 0 saturated heterocycles. The van der Waals surface area contributed by atoms with Crippen LogP contribution in [0.1, 0.15) is 12.0 Å². The fourth-order valence-electron chi connectivity index (χ4n) is 1.52. The van der Waals surface area contributed by atoms with Crippen molar-refractivity contribution in [3.05, 3.63) is 17.8 Å². The summed E-state index contributed by atoms with van der Waals surface area (Å²) in [6.07, 6.45) is 2.17. The van der Waals surface area contributed by atoms with Crippen LogP contribution in [0.15, 0.2) is 12.3 Å². The molecule has 17 heavy (non-hydrogen) atoms. The largest absolute Gasteiger partial charge is 0.396 e. The number of nitrogens with zero attached hydrogens (tertiary/aromatic N) is 3. The molecule has 0 saturated carbocycles. The molecule has 5 heteroatoms. The van der Waals surface area contributed by atoms with Crippen molar-refractivity contribution in [2.45, 2.75) is 13.3 Å². The Hall–Kier alpha value is -1.80. The maximum Gasteiger partial charge on any atom is 0.152 e. The van der Waals surface area contributed by atoms with Crippen molar-refractivity contribution < 1.29 is 4.74 Å². The average molecular weight is 234 g/mol. The van der Waals surface area contributed by atoms with Gasteiger partial charge >= 0.3 is 0 Å². The van der Waals surface area contributed by atoms with E-state index in [-0.39, 0.29) is 0 Å². The number of nitrogens with two attached hydrogens (primary N) is 1. The number of nitrogen functional groups attached to an aromatic ring is 1. The molecule has 0 unspecified atom stereocenters. The Morgan fingerprint density at radius 3 is 2.94 bits per heavy atom. The van der Waals surface area contributed by atoms with Gasteiger partial charge in [-0.2, -0.15) is 5.26 Å². The van der Waals surface area contributed by atoms with Crippen molar-refractivity contribution >= 4 is 11.5 Å². The van der Waals surface area contributed by atoms with Crippen molar-refractivity contribution in [3.8, 4) is 6.07 Å². The molecule has 2 N–H and O–H groups in total. The van der Waals surface area contributed by atoms with Crippen LogP contribution in [-0.2, 0) is 4.74 Å². The number of pyridine rings is 1. The van der Waals surface area contributed by atoms with E-state index in [1.165, 1.54) is 0 Å². The SMILES string of the molecule is COCCN(CCC#N)c1nccc(C)c1N. The number of aryl methyl sites for hydroxylation is 1.